The van der Waals surface area contributed by atoms with Gasteiger partial charge in [0.05, 0.1) is 55.5 Å². The number of hydrogen-bond donors (Lipinski definition) is 0. The first-order valence-corrected chi connectivity index (χ1v) is 42.9. The number of benzene rings is 20. The Bertz CT molecular complexity index is 8650. The first kappa shape index (κ1) is 72.8. The van der Waals surface area contributed by atoms with Crippen LogP contribution >= 0.6 is 11.6 Å². The first-order valence-electron chi connectivity index (χ1n) is 42.6. The first-order chi connectivity index (χ1) is 61.9. The monoisotopic (exact) mass is 1610 g/mol. The highest BCUT2D eigenvalue weighted by Gasteiger charge is 2.26. The standard InChI is InChI=1S/C58H36N4.C42H26ClN3.C17H12/c1-3-15-37(16-4-1)43-31-28-41(35-49(43)38-17-5-2-6-18-38)56-48-24-11-13-25-51(48)59-58(60-56)62-53-34-30-42(36-50(53)55-44-21-9-7-19-39(44)29-33-54(55)62)61-52-26-14-12-23-46(52)47-32-27-40-20-8-10-22-45(40)57(47)61;43-31-21-24-38-36(26-31)40-33-16-8-7-15-29(33)20-23-39(40)46(38)42-44-37-18-10-9-17-34(37)41(45-42)30-19-22-32(27-11-3-1-4-12-27)35(25-30)28-13-5-2-6-14-28;1-3-7-14-12(5-1)9-10-16-15-8-4-2-6-13(15)11-17(14)16/h1-36H;1-26H;1-10H,11H2. The van der Waals surface area contributed by atoms with Crippen LogP contribution in [-0.4, -0.2) is 33.6 Å². The van der Waals surface area contributed by atoms with Crippen LogP contribution in [0.3, 0.4) is 0 Å². The molecule has 0 saturated heterocycles. The SMILES string of the molecule is Clc1ccc2c(c1)c1c3ccccc3ccc1n2-c1nc(-c2ccc(-c3ccccc3)c(-c3ccccc3)c2)c2ccccc2n1.c1ccc(-c2ccc(-c3nc(-n4c5ccc(-n6c7ccccc7c7ccc8ccccc8c76)cc5c5c6ccccc6ccc54)nc4ccccc34)cc2-c2ccccc2)cc1.c1ccc2c(c1)Cc1c-2ccc2ccccc12. The molecule has 0 atom stereocenters. The molecule has 0 saturated carbocycles. The van der Waals surface area contributed by atoms with E-state index in [0.29, 0.717) is 16.9 Å². The van der Waals surface area contributed by atoms with Crippen LogP contribution in [0, 0.1) is 0 Å². The van der Waals surface area contributed by atoms with E-state index in [0.717, 1.165) is 117 Å². The average molecular weight is 1610 g/mol. The molecule has 25 aromatic rings. The fourth-order valence-electron chi connectivity index (χ4n) is 19.6. The zero-order valence-electron chi connectivity index (χ0n) is 67.8. The normalized spacial score (nSPS) is 11.8. The molecule has 5 aromatic heterocycles. The minimum absolute atomic E-state index is 0.625. The molecule has 5 heterocycles. The van der Waals surface area contributed by atoms with Gasteiger partial charge in [-0.2, -0.15) is 0 Å². The maximum atomic E-state index is 6.59. The van der Waals surface area contributed by atoms with E-state index in [-0.39, 0.29) is 0 Å². The van der Waals surface area contributed by atoms with E-state index in [1.807, 2.05) is 12.1 Å². The van der Waals surface area contributed by atoms with Gasteiger partial charge in [0.25, 0.3) is 0 Å². The van der Waals surface area contributed by atoms with E-state index in [1.54, 1.807) is 0 Å². The molecule has 7 nitrogen and oxygen atoms in total. The van der Waals surface area contributed by atoms with Gasteiger partial charge in [-0.3, -0.25) is 9.13 Å². The van der Waals surface area contributed by atoms with E-state index in [1.165, 1.54) is 115 Å². The summed E-state index contributed by atoms with van der Waals surface area (Å²) < 4.78 is 6.91. The van der Waals surface area contributed by atoms with Crippen LogP contribution in [0.25, 0.3) is 226 Å². The summed E-state index contributed by atoms with van der Waals surface area (Å²) in [6.45, 7) is 0. The smallest absolute Gasteiger partial charge is 0.235 e. The molecule has 584 valence electrons. The second-order valence-corrected chi connectivity index (χ2v) is 32.8. The zero-order valence-corrected chi connectivity index (χ0v) is 68.5. The zero-order chi connectivity index (χ0) is 82.6. The van der Waals surface area contributed by atoms with Crippen LogP contribution in [0.2, 0.25) is 5.02 Å². The lowest BCUT2D eigenvalue weighted by atomic mass is 9.91. The minimum Gasteiger partial charge on any atom is -0.309 e. The van der Waals surface area contributed by atoms with Crippen molar-refractivity contribution in [3.8, 4) is 95.7 Å². The Kier molecular flexibility index (Phi) is 17.6. The molecule has 1 aliphatic rings. The van der Waals surface area contributed by atoms with E-state index in [9.17, 15) is 0 Å². The van der Waals surface area contributed by atoms with Crippen molar-refractivity contribution in [1.82, 2.24) is 33.6 Å². The lowest BCUT2D eigenvalue weighted by Crippen LogP contribution is -2.04. The molecular formula is C117H74ClN7. The van der Waals surface area contributed by atoms with Crippen molar-refractivity contribution in [1.29, 1.82) is 0 Å². The molecule has 0 N–H and O–H groups in total. The molecule has 26 rings (SSSR count). The van der Waals surface area contributed by atoms with Crippen LogP contribution in [0.4, 0.5) is 0 Å². The van der Waals surface area contributed by atoms with E-state index in [2.05, 4.69) is 438 Å². The Morgan fingerprint density at radius 1 is 0.216 bits per heavy atom. The summed E-state index contributed by atoms with van der Waals surface area (Å²) in [5.41, 5.74) is 28.5. The third-order valence-corrected chi connectivity index (χ3v) is 25.5. The highest BCUT2D eigenvalue weighted by Crippen LogP contribution is 2.47. The third-order valence-electron chi connectivity index (χ3n) is 25.3. The van der Waals surface area contributed by atoms with Gasteiger partial charge in [-0.15, -0.1) is 0 Å². The molecule has 125 heavy (non-hydrogen) atoms. The predicted molar refractivity (Wildman–Crippen MR) is 524 cm³/mol. The molecule has 1 aliphatic carbocycles. The Morgan fingerprint density at radius 2 is 0.608 bits per heavy atom. The lowest BCUT2D eigenvalue weighted by Gasteiger charge is -2.15. The highest BCUT2D eigenvalue weighted by molar-refractivity contribution is 6.33. The van der Waals surface area contributed by atoms with Crippen molar-refractivity contribution in [3.05, 3.63) is 453 Å². The van der Waals surface area contributed by atoms with Gasteiger partial charge in [-0.25, -0.2) is 19.9 Å². The van der Waals surface area contributed by atoms with Crippen molar-refractivity contribution < 1.29 is 0 Å². The number of halogens is 1. The molecule has 0 radical (unpaired) electrons. The van der Waals surface area contributed by atoms with Crippen molar-refractivity contribution >= 4 is 142 Å². The van der Waals surface area contributed by atoms with Crippen molar-refractivity contribution in [3.63, 3.8) is 0 Å². The Hall–Kier alpha value is -16.2. The summed E-state index contributed by atoms with van der Waals surface area (Å²) in [5, 5.41) is 19.7. The second kappa shape index (κ2) is 30.2. The average Bonchev–Trinajstić information content (AvgIpc) is 1.56. The predicted octanol–water partition coefficient (Wildman–Crippen LogP) is 31.1. The molecule has 0 fully saturated rings. The summed E-state index contributed by atoms with van der Waals surface area (Å²) in [6.07, 6.45) is 1.08. The van der Waals surface area contributed by atoms with Crippen LogP contribution in [0.15, 0.2) is 437 Å². The molecule has 0 amide bonds. The van der Waals surface area contributed by atoms with E-state index >= 15 is 0 Å². The third kappa shape index (κ3) is 12.4. The Labute approximate surface area is 725 Å². The van der Waals surface area contributed by atoms with Gasteiger partial charge in [0.2, 0.25) is 11.9 Å². The van der Waals surface area contributed by atoms with Crippen LogP contribution in [0.1, 0.15) is 11.1 Å². The van der Waals surface area contributed by atoms with Gasteiger partial charge in [0, 0.05) is 70.3 Å². The Morgan fingerprint density at radius 3 is 1.16 bits per heavy atom. The van der Waals surface area contributed by atoms with Gasteiger partial charge in [-0.1, -0.05) is 370 Å². The number of para-hydroxylation sites is 3. The van der Waals surface area contributed by atoms with Crippen LogP contribution < -0.4 is 0 Å². The van der Waals surface area contributed by atoms with Crippen LogP contribution in [0.5, 0.6) is 0 Å². The fourth-order valence-corrected chi connectivity index (χ4v) is 19.8. The minimum atomic E-state index is 0.625. The van der Waals surface area contributed by atoms with Gasteiger partial charge in [0.1, 0.15) is 0 Å². The summed E-state index contributed by atoms with van der Waals surface area (Å²) in [5.74, 6) is 1.26. The van der Waals surface area contributed by atoms with Gasteiger partial charge >= 0.3 is 0 Å². The molecular weight excluding hydrogens is 1540 g/mol. The fraction of sp³-hybridized carbons (Fsp3) is 0.00855. The molecule has 8 heteroatoms. The second-order valence-electron chi connectivity index (χ2n) is 32.3. The summed E-state index contributed by atoms with van der Waals surface area (Å²) >= 11 is 6.59. The van der Waals surface area contributed by atoms with Crippen LogP contribution in [-0.2, 0) is 6.42 Å². The highest BCUT2D eigenvalue weighted by atomic mass is 35.5. The number of nitrogens with zero attached hydrogens (tertiary/aromatic N) is 7. The molecule has 0 aliphatic heterocycles. The number of fused-ring (bicyclic) bond motifs is 22. The topological polar surface area (TPSA) is 66.3 Å². The Balaban J connectivity index is 0.000000121. The quantitative estimate of drug-likeness (QED) is 0.144. The maximum Gasteiger partial charge on any atom is 0.235 e. The summed E-state index contributed by atoms with van der Waals surface area (Å²) in [4.78, 5) is 21.5. The van der Waals surface area contributed by atoms with Gasteiger partial charge in [0.15, 0.2) is 0 Å². The summed E-state index contributed by atoms with van der Waals surface area (Å²) in [6, 6.07) is 155. The molecule has 0 unspecified atom stereocenters. The summed E-state index contributed by atoms with van der Waals surface area (Å²) in [7, 11) is 0. The molecule has 0 spiro atoms. The van der Waals surface area contributed by atoms with E-state index < -0.39 is 0 Å². The number of rotatable bonds is 9. The largest absolute Gasteiger partial charge is 0.309 e. The van der Waals surface area contributed by atoms with Crippen molar-refractivity contribution in [2.45, 2.75) is 6.42 Å². The van der Waals surface area contributed by atoms with Crippen molar-refractivity contribution in [2.24, 2.45) is 0 Å². The van der Waals surface area contributed by atoms with Crippen molar-refractivity contribution in [2.75, 3.05) is 0 Å². The van der Waals surface area contributed by atoms with E-state index in [4.69, 9.17) is 31.5 Å². The van der Waals surface area contributed by atoms with Gasteiger partial charge < -0.3 is 4.57 Å². The molecule has 20 aromatic carbocycles. The lowest BCUT2D eigenvalue weighted by molar-refractivity contribution is 1.01. The number of hydrogen-bond acceptors (Lipinski definition) is 4. The maximum absolute atomic E-state index is 6.59. The molecule has 0 bridgehead atoms. The van der Waals surface area contributed by atoms with Gasteiger partial charge in [-0.05, 0) is 190 Å². The number of aromatic nitrogens is 7.